The Labute approximate surface area is 134 Å². The Hall–Kier alpha value is -2.23. The van der Waals surface area contributed by atoms with Crippen LogP contribution in [0.3, 0.4) is 0 Å². The second-order valence-electron chi connectivity index (χ2n) is 5.98. The molecule has 23 heavy (non-hydrogen) atoms. The maximum absolute atomic E-state index is 13.9. The van der Waals surface area contributed by atoms with Gasteiger partial charge in [0.2, 0.25) is 0 Å². The fourth-order valence-corrected chi connectivity index (χ4v) is 3.16. The van der Waals surface area contributed by atoms with Crippen molar-refractivity contribution in [2.45, 2.75) is 25.2 Å². The fourth-order valence-electron chi connectivity index (χ4n) is 3.16. The lowest BCUT2D eigenvalue weighted by Gasteiger charge is -2.25. The molecule has 1 saturated heterocycles. The Morgan fingerprint density at radius 1 is 1.04 bits per heavy atom. The van der Waals surface area contributed by atoms with Gasteiger partial charge in [-0.15, -0.1) is 0 Å². The average molecular weight is 315 g/mol. The lowest BCUT2D eigenvalue weighted by atomic mass is 9.94. The van der Waals surface area contributed by atoms with Crippen LogP contribution in [0.1, 0.15) is 41.1 Å². The number of carbonyl (C=O) groups is 1. The third-order valence-electron chi connectivity index (χ3n) is 4.39. The summed E-state index contributed by atoms with van der Waals surface area (Å²) in [4.78, 5) is 14.3. The van der Waals surface area contributed by atoms with Gasteiger partial charge >= 0.3 is 0 Å². The van der Waals surface area contributed by atoms with Gasteiger partial charge in [0, 0.05) is 25.1 Å². The largest absolute Gasteiger partial charge is 0.338 e. The van der Waals surface area contributed by atoms with E-state index in [2.05, 4.69) is 12.1 Å². The molecule has 2 nitrogen and oxygen atoms in total. The zero-order valence-electron chi connectivity index (χ0n) is 12.8. The van der Waals surface area contributed by atoms with Crippen LogP contribution in [0.5, 0.6) is 0 Å². The summed E-state index contributed by atoms with van der Waals surface area (Å²) in [6.07, 6.45) is 2.95. The van der Waals surface area contributed by atoms with Crippen molar-refractivity contribution >= 4 is 5.91 Å². The number of benzene rings is 2. The van der Waals surface area contributed by atoms with Crippen molar-refractivity contribution in [3.8, 4) is 0 Å². The number of halogens is 2. The molecule has 4 heteroatoms. The van der Waals surface area contributed by atoms with Gasteiger partial charge in [-0.3, -0.25) is 4.79 Å². The van der Waals surface area contributed by atoms with Crippen LogP contribution < -0.4 is 0 Å². The number of rotatable bonds is 2. The van der Waals surface area contributed by atoms with E-state index in [1.165, 1.54) is 11.6 Å². The van der Waals surface area contributed by atoms with Crippen molar-refractivity contribution in [1.82, 2.24) is 4.90 Å². The highest BCUT2D eigenvalue weighted by atomic mass is 19.1. The molecular weight excluding hydrogens is 296 g/mol. The maximum Gasteiger partial charge on any atom is 0.256 e. The number of hydrogen-bond donors (Lipinski definition) is 0. The summed E-state index contributed by atoms with van der Waals surface area (Å²) < 4.78 is 26.9. The number of nitrogens with zero attached hydrogens (tertiary/aromatic N) is 1. The van der Waals surface area contributed by atoms with Crippen LogP contribution in [0.4, 0.5) is 8.78 Å². The van der Waals surface area contributed by atoms with Gasteiger partial charge in [-0.2, -0.15) is 0 Å². The Morgan fingerprint density at radius 3 is 2.57 bits per heavy atom. The lowest BCUT2D eigenvalue weighted by molar-refractivity contribution is 0.0749. The molecule has 1 aliphatic rings. The molecule has 0 N–H and O–H groups in total. The fraction of sp³-hybridized carbons (Fsp3) is 0.316. The van der Waals surface area contributed by atoms with Gasteiger partial charge < -0.3 is 4.90 Å². The van der Waals surface area contributed by atoms with E-state index in [1.54, 1.807) is 4.90 Å². The Morgan fingerprint density at radius 2 is 1.83 bits per heavy atom. The standard InChI is InChI=1S/C19H19F2NO/c20-16-9-10-17(18(21)12-16)19(23)22-11-5-4-8-15(13-22)14-6-2-1-3-7-14/h1-3,6-7,9-10,12,15H,4-5,8,11,13H2. The highest BCUT2D eigenvalue weighted by Gasteiger charge is 2.25. The summed E-state index contributed by atoms with van der Waals surface area (Å²) in [7, 11) is 0. The zero-order chi connectivity index (χ0) is 16.2. The molecule has 0 spiro atoms. The van der Waals surface area contributed by atoms with E-state index < -0.39 is 11.6 Å². The molecule has 2 aromatic rings. The summed E-state index contributed by atoms with van der Waals surface area (Å²) in [5.41, 5.74) is 1.15. The molecule has 1 atom stereocenters. The molecule has 3 rings (SSSR count). The van der Waals surface area contributed by atoms with Crippen LogP contribution in [0.2, 0.25) is 0 Å². The zero-order valence-corrected chi connectivity index (χ0v) is 12.8. The van der Waals surface area contributed by atoms with E-state index in [-0.39, 0.29) is 17.4 Å². The maximum atomic E-state index is 13.9. The quantitative estimate of drug-likeness (QED) is 0.805. The minimum atomic E-state index is -0.796. The highest BCUT2D eigenvalue weighted by molar-refractivity contribution is 5.94. The second-order valence-corrected chi connectivity index (χ2v) is 5.98. The number of amides is 1. The second kappa shape index (κ2) is 6.90. The first-order valence-corrected chi connectivity index (χ1v) is 7.94. The first kappa shape index (κ1) is 15.7. The highest BCUT2D eigenvalue weighted by Crippen LogP contribution is 2.27. The monoisotopic (exact) mass is 315 g/mol. The molecule has 1 unspecified atom stereocenters. The summed E-state index contributed by atoms with van der Waals surface area (Å²) in [5, 5.41) is 0. The van der Waals surface area contributed by atoms with E-state index in [9.17, 15) is 13.6 Å². The van der Waals surface area contributed by atoms with Gasteiger partial charge in [0.15, 0.2) is 0 Å². The van der Waals surface area contributed by atoms with Crippen LogP contribution in [-0.4, -0.2) is 23.9 Å². The molecule has 0 bridgehead atoms. The number of hydrogen-bond acceptors (Lipinski definition) is 1. The predicted molar refractivity (Wildman–Crippen MR) is 85.3 cm³/mol. The Bertz CT molecular complexity index is 687. The average Bonchev–Trinajstić information content (AvgIpc) is 2.81. The molecule has 1 heterocycles. The van der Waals surface area contributed by atoms with Crippen LogP contribution in [0.15, 0.2) is 48.5 Å². The van der Waals surface area contributed by atoms with Crippen molar-refractivity contribution in [1.29, 1.82) is 0 Å². The molecule has 1 amide bonds. The first-order valence-electron chi connectivity index (χ1n) is 7.94. The minimum Gasteiger partial charge on any atom is -0.338 e. The summed E-state index contributed by atoms with van der Waals surface area (Å²) in [6, 6.07) is 13.2. The van der Waals surface area contributed by atoms with Crippen molar-refractivity contribution in [2.75, 3.05) is 13.1 Å². The van der Waals surface area contributed by atoms with Crippen molar-refractivity contribution < 1.29 is 13.6 Å². The van der Waals surface area contributed by atoms with E-state index in [1.807, 2.05) is 18.2 Å². The van der Waals surface area contributed by atoms with E-state index >= 15 is 0 Å². The van der Waals surface area contributed by atoms with Gasteiger partial charge in [-0.1, -0.05) is 36.8 Å². The van der Waals surface area contributed by atoms with Gasteiger partial charge in [0.1, 0.15) is 11.6 Å². The predicted octanol–water partition coefficient (Wildman–Crippen LogP) is 4.37. The summed E-state index contributed by atoms with van der Waals surface area (Å²) >= 11 is 0. The number of likely N-dealkylation sites (tertiary alicyclic amines) is 1. The Balaban J connectivity index is 1.82. The molecular formula is C19H19F2NO. The van der Waals surface area contributed by atoms with E-state index in [0.29, 0.717) is 13.1 Å². The third-order valence-corrected chi connectivity index (χ3v) is 4.39. The molecule has 0 aromatic heterocycles. The molecule has 1 aliphatic heterocycles. The molecule has 0 radical (unpaired) electrons. The van der Waals surface area contributed by atoms with Crippen molar-refractivity contribution in [3.63, 3.8) is 0 Å². The normalized spacial score (nSPS) is 18.5. The topological polar surface area (TPSA) is 20.3 Å². The lowest BCUT2D eigenvalue weighted by Crippen LogP contribution is -2.34. The number of carbonyl (C=O) groups excluding carboxylic acids is 1. The van der Waals surface area contributed by atoms with Crippen LogP contribution in [0, 0.1) is 11.6 Å². The molecule has 2 aromatic carbocycles. The molecule has 0 saturated carbocycles. The van der Waals surface area contributed by atoms with Gasteiger partial charge in [-0.25, -0.2) is 8.78 Å². The molecule has 120 valence electrons. The van der Waals surface area contributed by atoms with Gasteiger partial charge in [-0.05, 0) is 30.5 Å². The summed E-state index contributed by atoms with van der Waals surface area (Å²) in [6.45, 7) is 1.18. The Kier molecular flexibility index (Phi) is 4.70. The van der Waals surface area contributed by atoms with Gasteiger partial charge in [0.25, 0.3) is 5.91 Å². The van der Waals surface area contributed by atoms with Crippen LogP contribution in [-0.2, 0) is 0 Å². The minimum absolute atomic E-state index is 0.0555. The van der Waals surface area contributed by atoms with Crippen LogP contribution >= 0.6 is 0 Å². The van der Waals surface area contributed by atoms with E-state index in [0.717, 1.165) is 31.4 Å². The van der Waals surface area contributed by atoms with Gasteiger partial charge in [0.05, 0.1) is 5.56 Å². The smallest absolute Gasteiger partial charge is 0.256 e. The summed E-state index contributed by atoms with van der Waals surface area (Å²) in [5.74, 6) is -1.57. The molecule has 0 aliphatic carbocycles. The van der Waals surface area contributed by atoms with Crippen molar-refractivity contribution in [3.05, 3.63) is 71.3 Å². The molecule has 1 fully saturated rings. The first-order chi connectivity index (χ1) is 11.1. The SMILES string of the molecule is O=C(c1ccc(F)cc1F)N1CCCCC(c2ccccc2)C1. The third kappa shape index (κ3) is 3.58. The van der Waals surface area contributed by atoms with E-state index in [4.69, 9.17) is 0 Å². The van der Waals surface area contributed by atoms with Crippen molar-refractivity contribution in [2.24, 2.45) is 0 Å². The van der Waals surface area contributed by atoms with Crippen LogP contribution in [0.25, 0.3) is 0 Å².